The number of hydrogen-bond donors (Lipinski definition) is 0. The molecule has 1 heterocycles. The standard InChI is InChI=1S/C15H27BrN2O/c1-6-8-15(10-16,9-7-2)11-19-14-12(3)17-18(5)13(14)4/h6-11H2,1-5H3. The van der Waals surface area contributed by atoms with Crippen LogP contribution >= 0.6 is 15.9 Å². The Kier molecular flexibility index (Phi) is 6.37. The molecule has 110 valence electrons. The minimum absolute atomic E-state index is 0.248. The number of rotatable bonds is 8. The van der Waals surface area contributed by atoms with E-state index >= 15 is 0 Å². The maximum atomic E-state index is 6.14. The van der Waals surface area contributed by atoms with E-state index in [1.54, 1.807) is 0 Å². The molecule has 0 saturated heterocycles. The summed E-state index contributed by atoms with van der Waals surface area (Å²) in [5.74, 6) is 0.958. The number of alkyl halides is 1. The summed E-state index contributed by atoms with van der Waals surface area (Å²) in [6.45, 7) is 9.33. The van der Waals surface area contributed by atoms with Gasteiger partial charge in [-0.25, -0.2) is 0 Å². The van der Waals surface area contributed by atoms with Crippen LogP contribution in [0.25, 0.3) is 0 Å². The minimum Gasteiger partial charge on any atom is -0.489 e. The van der Waals surface area contributed by atoms with Crippen molar-refractivity contribution in [2.45, 2.75) is 53.4 Å². The Labute approximate surface area is 125 Å². The first-order valence-electron chi connectivity index (χ1n) is 7.18. The molecular weight excluding hydrogens is 304 g/mol. The van der Waals surface area contributed by atoms with Crippen LogP contribution in [0.5, 0.6) is 5.75 Å². The number of aromatic nitrogens is 2. The zero-order valence-electron chi connectivity index (χ0n) is 12.9. The monoisotopic (exact) mass is 330 g/mol. The lowest BCUT2D eigenvalue weighted by molar-refractivity contribution is 0.143. The zero-order valence-corrected chi connectivity index (χ0v) is 14.5. The van der Waals surface area contributed by atoms with Gasteiger partial charge in [0.05, 0.1) is 12.3 Å². The maximum Gasteiger partial charge on any atom is 0.162 e. The molecule has 19 heavy (non-hydrogen) atoms. The van der Waals surface area contributed by atoms with Gasteiger partial charge < -0.3 is 4.74 Å². The largest absolute Gasteiger partial charge is 0.489 e. The predicted octanol–water partition coefficient (Wildman–Crippen LogP) is 4.40. The number of halogens is 1. The summed E-state index contributed by atoms with van der Waals surface area (Å²) in [7, 11) is 1.96. The van der Waals surface area contributed by atoms with E-state index in [1.165, 1.54) is 25.7 Å². The summed E-state index contributed by atoms with van der Waals surface area (Å²) in [4.78, 5) is 0. The number of aryl methyl sites for hydroxylation is 2. The Morgan fingerprint density at radius 2 is 1.79 bits per heavy atom. The quantitative estimate of drug-likeness (QED) is 0.660. The summed E-state index contributed by atoms with van der Waals surface area (Å²) in [6.07, 6.45) is 4.79. The Bertz CT molecular complexity index is 395. The third-order valence-corrected chi connectivity index (χ3v) is 5.00. The van der Waals surface area contributed by atoms with Gasteiger partial charge in [-0.1, -0.05) is 42.6 Å². The van der Waals surface area contributed by atoms with Gasteiger partial charge >= 0.3 is 0 Å². The smallest absolute Gasteiger partial charge is 0.162 e. The first-order valence-corrected chi connectivity index (χ1v) is 8.30. The fourth-order valence-electron chi connectivity index (χ4n) is 2.69. The molecule has 0 bridgehead atoms. The van der Waals surface area contributed by atoms with Crippen LogP contribution in [-0.2, 0) is 7.05 Å². The molecular formula is C15H27BrN2O. The molecule has 4 heteroatoms. The third kappa shape index (κ3) is 3.98. The minimum atomic E-state index is 0.248. The Hall–Kier alpha value is -0.510. The molecule has 3 nitrogen and oxygen atoms in total. The Balaban J connectivity index is 2.80. The van der Waals surface area contributed by atoms with Gasteiger partial charge in [0.15, 0.2) is 5.75 Å². The number of hydrogen-bond acceptors (Lipinski definition) is 2. The summed E-state index contributed by atoms with van der Waals surface area (Å²) in [6, 6.07) is 0. The molecule has 1 aromatic heterocycles. The zero-order chi connectivity index (χ0) is 14.5. The molecule has 0 N–H and O–H groups in total. The molecule has 0 aliphatic heterocycles. The molecule has 0 aliphatic carbocycles. The number of ether oxygens (including phenoxy) is 1. The van der Waals surface area contributed by atoms with Crippen molar-refractivity contribution in [3.8, 4) is 5.75 Å². The second-order valence-electron chi connectivity index (χ2n) is 5.55. The van der Waals surface area contributed by atoms with E-state index in [9.17, 15) is 0 Å². The Morgan fingerprint density at radius 1 is 1.21 bits per heavy atom. The SMILES string of the molecule is CCCC(CBr)(CCC)COc1c(C)nn(C)c1C. The molecule has 0 radical (unpaired) electrons. The molecule has 1 aromatic rings. The van der Waals surface area contributed by atoms with Gasteiger partial charge in [-0.15, -0.1) is 0 Å². The van der Waals surface area contributed by atoms with Crippen molar-refractivity contribution >= 4 is 15.9 Å². The number of nitrogens with zero attached hydrogens (tertiary/aromatic N) is 2. The molecule has 0 unspecified atom stereocenters. The van der Waals surface area contributed by atoms with Gasteiger partial charge in [-0.3, -0.25) is 4.68 Å². The lowest BCUT2D eigenvalue weighted by Gasteiger charge is -2.31. The van der Waals surface area contributed by atoms with Crippen LogP contribution < -0.4 is 4.74 Å². The van der Waals surface area contributed by atoms with Gasteiger partial charge in [0.1, 0.15) is 5.69 Å². The molecule has 0 amide bonds. The van der Waals surface area contributed by atoms with Crippen LogP contribution in [0.2, 0.25) is 0 Å². The van der Waals surface area contributed by atoms with Crippen molar-refractivity contribution < 1.29 is 4.74 Å². The van der Waals surface area contributed by atoms with Crippen LogP contribution in [0.3, 0.4) is 0 Å². The first kappa shape index (κ1) is 16.5. The van der Waals surface area contributed by atoms with Crippen molar-refractivity contribution in [2.24, 2.45) is 12.5 Å². The fourth-order valence-corrected chi connectivity index (χ4v) is 3.41. The summed E-state index contributed by atoms with van der Waals surface area (Å²) >= 11 is 3.69. The van der Waals surface area contributed by atoms with Crippen molar-refractivity contribution in [3.63, 3.8) is 0 Å². The maximum absolute atomic E-state index is 6.14. The second-order valence-corrected chi connectivity index (χ2v) is 6.11. The molecule has 0 saturated carbocycles. The van der Waals surface area contributed by atoms with Crippen molar-refractivity contribution in [1.29, 1.82) is 0 Å². The highest BCUT2D eigenvalue weighted by molar-refractivity contribution is 9.09. The van der Waals surface area contributed by atoms with Crippen molar-refractivity contribution in [1.82, 2.24) is 9.78 Å². The van der Waals surface area contributed by atoms with Gasteiger partial charge in [-0.2, -0.15) is 5.10 Å². The molecule has 0 atom stereocenters. The topological polar surface area (TPSA) is 27.1 Å². The van der Waals surface area contributed by atoms with Crippen molar-refractivity contribution in [2.75, 3.05) is 11.9 Å². The highest BCUT2D eigenvalue weighted by atomic mass is 79.9. The van der Waals surface area contributed by atoms with Crippen LogP contribution in [-0.4, -0.2) is 21.7 Å². The van der Waals surface area contributed by atoms with E-state index in [0.717, 1.165) is 29.1 Å². The van der Waals surface area contributed by atoms with E-state index < -0.39 is 0 Å². The highest BCUT2D eigenvalue weighted by Crippen LogP contribution is 2.34. The van der Waals surface area contributed by atoms with Crippen LogP contribution in [0.1, 0.15) is 50.9 Å². The average Bonchev–Trinajstić information content (AvgIpc) is 2.61. The van der Waals surface area contributed by atoms with E-state index in [1.807, 2.05) is 18.7 Å². The summed E-state index contributed by atoms with van der Waals surface area (Å²) in [5, 5.41) is 5.41. The van der Waals surface area contributed by atoms with Crippen LogP contribution in [0.15, 0.2) is 0 Å². The third-order valence-electron chi connectivity index (χ3n) is 3.81. The molecule has 0 aliphatic rings. The van der Waals surface area contributed by atoms with Gasteiger partial charge in [0.2, 0.25) is 0 Å². The lowest BCUT2D eigenvalue weighted by atomic mass is 9.82. The molecule has 1 rings (SSSR count). The van der Waals surface area contributed by atoms with E-state index in [4.69, 9.17) is 4.74 Å². The van der Waals surface area contributed by atoms with Gasteiger partial charge in [-0.05, 0) is 26.7 Å². The fraction of sp³-hybridized carbons (Fsp3) is 0.800. The van der Waals surface area contributed by atoms with Gasteiger partial charge in [0, 0.05) is 17.8 Å². The van der Waals surface area contributed by atoms with E-state index in [2.05, 4.69) is 41.8 Å². The first-order chi connectivity index (χ1) is 8.99. The van der Waals surface area contributed by atoms with E-state index in [-0.39, 0.29) is 5.41 Å². The van der Waals surface area contributed by atoms with Crippen LogP contribution in [0, 0.1) is 19.3 Å². The van der Waals surface area contributed by atoms with Crippen LogP contribution in [0.4, 0.5) is 0 Å². The lowest BCUT2D eigenvalue weighted by Crippen LogP contribution is -2.30. The second kappa shape index (κ2) is 7.32. The molecule has 0 fully saturated rings. The van der Waals surface area contributed by atoms with Gasteiger partial charge in [0.25, 0.3) is 0 Å². The highest BCUT2D eigenvalue weighted by Gasteiger charge is 2.29. The summed E-state index contributed by atoms with van der Waals surface area (Å²) in [5.41, 5.74) is 2.34. The molecule has 0 aromatic carbocycles. The predicted molar refractivity (Wildman–Crippen MR) is 84.2 cm³/mol. The molecule has 0 spiro atoms. The Morgan fingerprint density at radius 3 is 2.16 bits per heavy atom. The van der Waals surface area contributed by atoms with E-state index in [0.29, 0.717) is 0 Å². The normalized spacial score (nSPS) is 11.9. The van der Waals surface area contributed by atoms with Crippen molar-refractivity contribution in [3.05, 3.63) is 11.4 Å². The summed E-state index contributed by atoms with van der Waals surface area (Å²) < 4.78 is 8.03. The average molecular weight is 331 g/mol.